The summed E-state index contributed by atoms with van der Waals surface area (Å²) >= 11 is 0. The van der Waals surface area contributed by atoms with Crippen molar-refractivity contribution in [1.82, 2.24) is 9.78 Å². The van der Waals surface area contributed by atoms with E-state index >= 15 is 0 Å². The molecule has 0 aliphatic carbocycles. The summed E-state index contributed by atoms with van der Waals surface area (Å²) in [5.74, 6) is -1.03. The number of ether oxygens (including phenoxy) is 1. The highest BCUT2D eigenvalue weighted by molar-refractivity contribution is 5.94. The molecule has 29 heavy (non-hydrogen) atoms. The molecule has 0 amide bonds. The van der Waals surface area contributed by atoms with Crippen LogP contribution in [0.4, 0.5) is 19.0 Å². The third-order valence-corrected chi connectivity index (χ3v) is 5.02. The van der Waals surface area contributed by atoms with Crippen LogP contribution in [0.1, 0.15) is 61.9 Å². The topological polar surface area (TPSA) is 56.1 Å². The van der Waals surface area contributed by atoms with Crippen molar-refractivity contribution in [2.45, 2.75) is 45.7 Å². The zero-order valence-electron chi connectivity index (χ0n) is 17.0. The van der Waals surface area contributed by atoms with Crippen molar-refractivity contribution in [3.05, 3.63) is 57.9 Å². The van der Waals surface area contributed by atoms with E-state index in [2.05, 4.69) is 10.4 Å². The molecule has 1 aromatic heterocycles. The van der Waals surface area contributed by atoms with E-state index in [4.69, 9.17) is 4.74 Å². The second-order valence-electron chi connectivity index (χ2n) is 7.33. The number of aryl methyl sites for hydroxylation is 1. The molecular weight excluding hydrogens is 383 g/mol. The van der Waals surface area contributed by atoms with E-state index in [1.54, 1.807) is 31.6 Å². The molecule has 1 aromatic carbocycles. The number of nitrogens with zero attached hydrogens (tertiary/aromatic N) is 2. The Balaban J connectivity index is 2.36. The predicted molar refractivity (Wildman–Crippen MR) is 104 cm³/mol. The van der Waals surface area contributed by atoms with Gasteiger partial charge in [0.25, 0.3) is 0 Å². The number of halogens is 3. The van der Waals surface area contributed by atoms with Crippen LogP contribution in [0.3, 0.4) is 0 Å². The van der Waals surface area contributed by atoms with Crippen molar-refractivity contribution in [2.75, 3.05) is 11.9 Å². The molecule has 1 atom stereocenters. The van der Waals surface area contributed by atoms with Crippen LogP contribution >= 0.6 is 0 Å². The minimum absolute atomic E-state index is 0.0139. The molecule has 2 aromatic rings. The number of benzene rings is 1. The lowest BCUT2D eigenvalue weighted by Gasteiger charge is -2.30. The molecule has 0 saturated heterocycles. The number of fused-ring (bicyclic) bond motifs is 1. The summed E-state index contributed by atoms with van der Waals surface area (Å²) in [7, 11) is 1.73. The fourth-order valence-electron chi connectivity index (χ4n) is 3.82. The summed E-state index contributed by atoms with van der Waals surface area (Å²) in [6.45, 7) is 7.30. The molecule has 1 aliphatic heterocycles. The van der Waals surface area contributed by atoms with Gasteiger partial charge < -0.3 is 10.1 Å². The van der Waals surface area contributed by atoms with Crippen molar-refractivity contribution in [3.8, 4) is 0 Å². The van der Waals surface area contributed by atoms with Crippen molar-refractivity contribution in [2.24, 2.45) is 7.05 Å². The number of carbonyl (C=O) groups is 1. The molecule has 0 saturated carbocycles. The Morgan fingerprint density at radius 2 is 1.97 bits per heavy atom. The van der Waals surface area contributed by atoms with E-state index in [0.29, 0.717) is 22.8 Å². The number of hydrogen-bond acceptors (Lipinski definition) is 4. The first-order chi connectivity index (χ1) is 13.6. The Kier molecular flexibility index (Phi) is 5.47. The van der Waals surface area contributed by atoms with E-state index in [1.165, 1.54) is 12.1 Å². The number of nitrogens with one attached hydrogen (secondary N) is 1. The van der Waals surface area contributed by atoms with E-state index in [1.807, 2.05) is 13.8 Å². The Morgan fingerprint density at radius 1 is 1.31 bits per heavy atom. The largest absolute Gasteiger partial charge is 0.463 e. The summed E-state index contributed by atoms with van der Waals surface area (Å²) in [5.41, 5.74) is 1.09. The number of anilines is 1. The molecule has 0 bridgehead atoms. The highest BCUT2D eigenvalue weighted by Gasteiger charge is 2.42. The molecular formula is C21H24F3N3O2. The van der Waals surface area contributed by atoms with Crippen molar-refractivity contribution >= 4 is 11.8 Å². The SMILES string of the molecule is CCOC(=O)C1=C(C)Nc2c(c(C(C)C)nn2C)C1c1ccccc1C(F)(F)F. The molecule has 5 nitrogen and oxygen atoms in total. The Labute approximate surface area is 167 Å². The number of alkyl halides is 3. The third-order valence-electron chi connectivity index (χ3n) is 5.02. The van der Waals surface area contributed by atoms with Gasteiger partial charge in [0.05, 0.1) is 23.4 Å². The Hall–Kier alpha value is -2.77. The molecule has 0 radical (unpaired) electrons. The molecule has 2 heterocycles. The van der Waals surface area contributed by atoms with Gasteiger partial charge >= 0.3 is 12.1 Å². The van der Waals surface area contributed by atoms with Crippen molar-refractivity contribution < 1.29 is 22.7 Å². The zero-order chi connectivity index (χ0) is 21.5. The quantitative estimate of drug-likeness (QED) is 0.728. The second-order valence-corrected chi connectivity index (χ2v) is 7.33. The number of hydrogen-bond donors (Lipinski definition) is 1. The van der Waals surface area contributed by atoms with Gasteiger partial charge in [0.1, 0.15) is 5.82 Å². The van der Waals surface area contributed by atoms with Gasteiger partial charge in [-0.2, -0.15) is 18.3 Å². The summed E-state index contributed by atoms with van der Waals surface area (Å²) in [6.07, 6.45) is -4.56. The molecule has 0 fully saturated rings. The summed E-state index contributed by atoms with van der Waals surface area (Å²) in [4.78, 5) is 12.8. The molecule has 156 valence electrons. The first-order valence-corrected chi connectivity index (χ1v) is 9.45. The minimum Gasteiger partial charge on any atom is -0.463 e. The fraction of sp³-hybridized carbons (Fsp3) is 0.429. The monoisotopic (exact) mass is 407 g/mol. The first-order valence-electron chi connectivity index (χ1n) is 9.45. The van der Waals surface area contributed by atoms with Gasteiger partial charge in [0, 0.05) is 24.2 Å². The average Bonchev–Trinajstić information content (AvgIpc) is 2.97. The van der Waals surface area contributed by atoms with Gasteiger partial charge in [0.2, 0.25) is 0 Å². The van der Waals surface area contributed by atoms with Crippen LogP contribution in [0.15, 0.2) is 35.5 Å². The van der Waals surface area contributed by atoms with E-state index < -0.39 is 23.6 Å². The Bertz CT molecular complexity index is 974. The van der Waals surface area contributed by atoms with Gasteiger partial charge in [-0.15, -0.1) is 0 Å². The smallest absolute Gasteiger partial charge is 0.416 e. The van der Waals surface area contributed by atoms with Crippen LogP contribution in [0.5, 0.6) is 0 Å². The Morgan fingerprint density at radius 3 is 2.55 bits per heavy atom. The lowest BCUT2D eigenvalue weighted by atomic mass is 9.78. The van der Waals surface area contributed by atoms with Gasteiger partial charge in [-0.3, -0.25) is 4.68 Å². The van der Waals surface area contributed by atoms with E-state index in [-0.39, 0.29) is 23.7 Å². The second kappa shape index (κ2) is 7.57. The van der Waals surface area contributed by atoms with Crippen LogP contribution in [0.2, 0.25) is 0 Å². The standard InChI is InChI=1S/C21H24F3N3O2/c1-6-29-20(28)15-12(4)25-19-17(18(11(2)3)26-27(19)5)16(15)13-9-7-8-10-14(13)21(22,23)24/h7-11,16,25H,6H2,1-5H3. The lowest BCUT2D eigenvalue weighted by molar-refractivity contribution is -0.140. The van der Waals surface area contributed by atoms with E-state index in [0.717, 1.165) is 6.07 Å². The third kappa shape index (κ3) is 3.63. The number of aromatic nitrogens is 2. The highest BCUT2D eigenvalue weighted by atomic mass is 19.4. The zero-order valence-corrected chi connectivity index (χ0v) is 17.0. The normalized spacial score (nSPS) is 16.7. The number of allylic oxidation sites excluding steroid dienone is 1. The van der Waals surface area contributed by atoms with Crippen LogP contribution in [0.25, 0.3) is 0 Å². The first kappa shape index (κ1) is 21.0. The van der Waals surface area contributed by atoms with Crippen LogP contribution in [0, 0.1) is 0 Å². The molecule has 1 aliphatic rings. The van der Waals surface area contributed by atoms with Crippen LogP contribution in [-0.4, -0.2) is 22.4 Å². The summed E-state index contributed by atoms with van der Waals surface area (Å²) < 4.78 is 48.4. The number of rotatable bonds is 4. The van der Waals surface area contributed by atoms with E-state index in [9.17, 15) is 18.0 Å². The maximum absolute atomic E-state index is 13.8. The van der Waals surface area contributed by atoms with Gasteiger partial charge in [-0.25, -0.2) is 4.79 Å². The maximum atomic E-state index is 13.8. The van der Waals surface area contributed by atoms with Gasteiger partial charge in [-0.05, 0) is 31.4 Å². The number of carbonyl (C=O) groups excluding carboxylic acids is 1. The molecule has 3 rings (SSSR count). The minimum atomic E-state index is -4.56. The summed E-state index contributed by atoms with van der Waals surface area (Å²) in [5, 5.41) is 7.68. The van der Waals surface area contributed by atoms with Crippen LogP contribution < -0.4 is 5.32 Å². The summed E-state index contributed by atoms with van der Waals surface area (Å²) in [6, 6.07) is 5.37. The average molecular weight is 407 g/mol. The highest BCUT2D eigenvalue weighted by Crippen LogP contribution is 2.48. The predicted octanol–water partition coefficient (Wildman–Crippen LogP) is 4.96. The molecule has 8 heteroatoms. The number of esters is 1. The lowest BCUT2D eigenvalue weighted by Crippen LogP contribution is -2.27. The molecule has 0 spiro atoms. The molecule has 1 N–H and O–H groups in total. The van der Waals surface area contributed by atoms with Crippen molar-refractivity contribution in [3.63, 3.8) is 0 Å². The van der Waals surface area contributed by atoms with Crippen LogP contribution in [-0.2, 0) is 22.8 Å². The fourth-order valence-corrected chi connectivity index (χ4v) is 3.82. The maximum Gasteiger partial charge on any atom is 0.416 e. The van der Waals surface area contributed by atoms with Gasteiger partial charge in [-0.1, -0.05) is 32.0 Å². The van der Waals surface area contributed by atoms with Crippen molar-refractivity contribution in [1.29, 1.82) is 0 Å². The molecule has 1 unspecified atom stereocenters. The van der Waals surface area contributed by atoms with Gasteiger partial charge in [0.15, 0.2) is 0 Å².